The van der Waals surface area contributed by atoms with Gasteiger partial charge in [-0.05, 0) is 42.3 Å². The van der Waals surface area contributed by atoms with Gasteiger partial charge in [-0.25, -0.2) is 4.79 Å². The Morgan fingerprint density at radius 2 is 1.77 bits per heavy atom. The van der Waals surface area contributed by atoms with Gasteiger partial charge in [0.15, 0.2) is 0 Å². The Morgan fingerprint density at radius 3 is 2.43 bits per heavy atom. The van der Waals surface area contributed by atoms with Crippen LogP contribution in [0.4, 0.5) is 11.4 Å². The van der Waals surface area contributed by atoms with Crippen molar-refractivity contribution in [3.63, 3.8) is 0 Å². The van der Waals surface area contributed by atoms with Crippen LogP contribution < -0.4 is 15.9 Å². The topological polar surface area (TPSA) is 125 Å². The summed E-state index contributed by atoms with van der Waals surface area (Å²) in [6.07, 6.45) is 2.21. The second kappa shape index (κ2) is 7.14. The van der Waals surface area contributed by atoms with E-state index in [9.17, 15) is 9.59 Å². The second-order valence-corrected chi connectivity index (χ2v) is 7.32. The fraction of sp³-hybridized carbons (Fsp3) is 0.250. The lowest BCUT2D eigenvalue weighted by Crippen LogP contribution is -2.21. The van der Waals surface area contributed by atoms with Gasteiger partial charge in [0.2, 0.25) is 5.82 Å². The average Bonchev–Trinajstić information content (AvgIpc) is 3.48. The lowest BCUT2D eigenvalue weighted by molar-refractivity contribution is 0.102. The maximum absolute atomic E-state index is 12.9. The Kier molecular flexibility index (Phi) is 4.31. The molecule has 0 bridgehead atoms. The molecule has 3 N–H and O–H groups in total. The van der Waals surface area contributed by atoms with E-state index in [2.05, 4.69) is 35.6 Å². The van der Waals surface area contributed by atoms with Crippen LogP contribution in [-0.4, -0.2) is 49.2 Å². The lowest BCUT2D eigenvalue weighted by Gasteiger charge is -2.22. The molecule has 30 heavy (non-hydrogen) atoms. The third-order valence-electron chi connectivity index (χ3n) is 5.24. The first-order valence-electron chi connectivity index (χ1n) is 9.73. The number of H-pyrrole nitrogens is 2. The molecule has 152 valence electrons. The molecular weight excluding hydrogens is 384 g/mol. The van der Waals surface area contributed by atoms with E-state index in [1.54, 1.807) is 37.4 Å². The van der Waals surface area contributed by atoms with Gasteiger partial charge in [-0.3, -0.25) is 4.79 Å². The molecule has 1 amide bonds. The highest BCUT2D eigenvalue weighted by Crippen LogP contribution is 2.32. The fourth-order valence-electron chi connectivity index (χ4n) is 3.76. The molecule has 4 aromatic rings. The number of carbonyl (C=O) groups excluding carboxylic acids is 1. The number of benzene rings is 2. The molecule has 0 aliphatic carbocycles. The Bertz CT molecular complexity index is 1280. The van der Waals surface area contributed by atoms with E-state index < -0.39 is 0 Å². The number of aromatic amines is 2. The van der Waals surface area contributed by atoms with Crippen LogP contribution >= 0.6 is 0 Å². The predicted molar refractivity (Wildman–Crippen MR) is 113 cm³/mol. The monoisotopic (exact) mass is 404 g/mol. The normalized spacial score (nSPS) is 13.8. The average molecular weight is 404 g/mol. The molecule has 10 nitrogen and oxygen atoms in total. The highest BCUT2D eigenvalue weighted by molar-refractivity contribution is 6.07. The third-order valence-corrected chi connectivity index (χ3v) is 5.24. The number of imidazole rings is 1. The standard InChI is InChI=1S/C20H20N8O2/c1-27-25-18(24-26-27)12-4-6-13(7-5-12)19(29)21-16-10-14-15(23-20(30)22-14)11-17(16)28-8-2-3-9-28/h4-7,10-11H,2-3,8-9H2,1H3,(H,21,29)(H2,22,23,30). The zero-order valence-electron chi connectivity index (χ0n) is 16.3. The van der Waals surface area contributed by atoms with Crippen molar-refractivity contribution < 1.29 is 4.79 Å². The van der Waals surface area contributed by atoms with E-state index in [4.69, 9.17) is 0 Å². The summed E-state index contributed by atoms with van der Waals surface area (Å²) in [5, 5.41) is 15.0. The van der Waals surface area contributed by atoms with Gasteiger partial charge in [0, 0.05) is 24.2 Å². The zero-order valence-corrected chi connectivity index (χ0v) is 16.3. The van der Waals surface area contributed by atoms with Crippen LogP contribution in [0.15, 0.2) is 41.2 Å². The minimum Gasteiger partial charge on any atom is -0.370 e. The van der Waals surface area contributed by atoms with Crippen LogP contribution in [0.2, 0.25) is 0 Å². The third kappa shape index (κ3) is 3.32. The van der Waals surface area contributed by atoms with Crippen molar-refractivity contribution in [2.75, 3.05) is 23.3 Å². The molecule has 1 fully saturated rings. The Morgan fingerprint density at radius 1 is 1.07 bits per heavy atom. The highest BCUT2D eigenvalue weighted by Gasteiger charge is 2.19. The van der Waals surface area contributed by atoms with Gasteiger partial charge in [-0.15, -0.1) is 10.2 Å². The van der Waals surface area contributed by atoms with Crippen LogP contribution in [0.1, 0.15) is 23.2 Å². The Labute approximate surface area is 170 Å². The van der Waals surface area contributed by atoms with Crippen molar-refractivity contribution in [3.05, 3.63) is 52.4 Å². The molecule has 1 aliphatic rings. The van der Waals surface area contributed by atoms with E-state index in [-0.39, 0.29) is 11.6 Å². The van der Waals surface area contributed by atoms with Gasteiger partial charge in [0.1, 0.15) is 0 Å². The maximum atomic E-state index is 12.9. The summed E-state index contributed by atoms with van der Waals surface area (Å²) in [6, 6.07) is 10.8. The van der Waals surface area contributed by atoms with Crippen LogP contribution in [-0.2, 0) is 7.05 Å². The number of amides is 1. The van der Waals surface area contributed by atoms with Gasteiger partial charge in [-0.1, -0.05) is 12.1 Å². The number of aromatic nitrogens is 6. The van der Waals surface area contributed by atoms with Gasteiger partial charge in [-0.2, -0.15) is 4.80 Å². The summed E-state index contributed by atoms with van der Waals surface area (Å²) in [4.78, 5) is 33.8. The SMILES string of the molecule is Cn1nnc(-c2ccc(C(=O)Nc3cc4[nH]c(=O)[nH]c4cc3N3CCCC3)cc2)n1. The molecule has 2 aromatic heterocycles. The Balaban J connectivity index is 1.44. The maximum Gasteiger partial charge on any atom is 0.323 e. The molecule has 10 heteroatoms. The summed E-state index contributed by atoms with van der Waals surface area (Å²) in [7, 11) is 1.70. The summed E-state index contributed by atoms with van der Waals surface area (Å²) >= 11 is 0. The number of nitrogens with zero attached hydrogens (tertiary/aromatic N) is 5. The number of hydrogen-bond donors (Lipinski definition) is 3. The zero-order chi connectivity index (χ0) is 20.7. The molecule has 0 unspecified atom stereocenters. The molecule has 3 heterocycles. The van der Waals surface area contributed by atoms with Crippen molar-refractivity contribution in [3.8, 4) is 11.4 Å². The lowest BCUT2D eigenvalue weighted by atomic mass is 10.1. The van der Waals surface area contributed by atoms with Crippen molar-refractivity contribution >= 4 is 28.3 Å². The first-order valence-corrected chi connectivity index (χ1v) is 9.73. The van der Waals surface area contributed by atoms with E-state index in [1.807, 2.05) is 6.07 Å². The smallest absolute Gasteiger partial charge is 0.323 e. The highest BCUT2D eigenvalue weighted by atomic mass is 16.2. The van der Waals surface area contributed by atoms with Gasteiger partial charge < -0.3 is 20.2 Å². The second-order valence-electron chi connectivity index (χ2n) is 7.32. The number of tetrazole rings is 1. The van der Waals surface area contributed by atoms with Crippen molar-refractivity contribution in [2.45, 2.75) is 12.8 Å². The molecule has 2 aromatic carbocycles. The van der Waals surface area contributed by atoms with Crippen molar-refractivity contribution in [1.29, 1.82) is 0 Å². The molecule has 0 atom stereocenters. The fourth-order valence-corrected chi connectivity index (χ4v) is 3.76. The van der Waals surface area contributed by atoms with E-state index >= 15 is 0 Å². The summed E-state index contributed by atoms with van der Waals surface area (Å²) in [5.74, 6) is 0.272. The van der Waals surface area contributed by atoms with E-state index in [0.717, 1.165) is 42.7 Å². The molecule has 1 aliphatic heterocycles. The first-order chi connectivity index (χ1) is 14.6. The predicted octanol–water partition coefficient (Wildman–Crippen LogP) is 1.90. The largest absolute Gasteiger partial charge is 0.370 e. The first kappa shape index (κ1) is 18.1. The molecule has 5 rings (SSSR count). The quantitative estimate of drug-likeness (QED) is 0.477. The van der Waals surface area contributed by atoms with Gasteiger partial charge in [0.25, 0.3) is 5.91 Å². The number of carbonyl (C=O) groups is 1. The number of rotatable bonds is 4. The minimum absolute atomic E-state index is 0.230. The Hall–Kier alpha value is -3.95. The number of aryl methyl sites for hydroxylation is 1. The van der Waals surface area contributed by atoms with Gasteiger partial charge in [0.05, 0.1) is 29.5 Å². The van der Waals surface area contributed by atoms with E-state index in [1.165, 1.54) is 4.80 Å². The van der Waals surface area contributed by atoms with Crippen molar-refractivity contribution in [1.82, 2.24) is 30.2 Å². The van der Waals surface area contributed by atoms with Crippen LogP contribution in [0.5, 0.6) is 0 Å². The van der Waals surface area contributed by atoms with Crippen LogP contribution in [0.25, 0.3) is 22.4 Å². The summed E-state index contributed by atoms with van der Waals surface area (Å²) in [6.45, 7) is 1.84. The summed E-state index contributed by atoms with van der Waals surface area (Å²) in [5.41, 5.74) is 3.98. The molecule has 0 saturated carbocycles. The van der Waals surface area contributed by atoms with Crippen LogP contribution in [0.3, 0.4) is 0 Å². The number of anilines is 2. The molecular formula is C20H20N8O2. The minimum atomic E-state index is -0.269. The number of nitrogens with one attached hydrogen (secondary N) is 3. The van der Waals surface area contributed by atoms with Gasteiger partial charge >= 0.3 is 5.69 Å². The molecule has 0 radical (unpaired) electrons. The molecule has 0 spiro atoms. The van der Waals surface area contributed by atoms with Crippen LogP contribution in [0, 0.1) is 0 Å². The number of hydrogen-bond acceptors (Lipinski definition) is 6. The summed E-state index contributed by atoms with van der Waals surface area (Å²) < 4.78 is 0. The number of fused-ring (bicyclic) bond motifs is 1. The van der Waals surface area contributed by atoms with E-state index in [0.29, 0.717) is 22.6 Å². The molecule has 1 saturated heterocycles. The van der Waals surface area contributed by atoms with Crippen molar-refractivity contribution in [2.24, 2.45) is 7.05 Å².